The number of carbonyl (C=O) groups is 1. The van der Waals surface area contributed by atoms with Crippen LogP contribution in [0.4, 0.5) is 0 Å². The molecule has 0 aliphatic heterocycles. The molecule has 2 N–H and O–H groups in total. The van der Waals surface area contributed by atoms with Crippen LogP contribution < -0.4 is 10.2 Å². The zero-order valence-electron chi connectivity index (χ0n) is 50.1. The highest BCUT2D eigenvalue weighted by atomic mass is 31.2. The van der Waals surface area contributed by atoms with Crippen LogP contribution in [0.2, 0.25) is 0 Å². The molecule has 3 atom stereocenters. The number of nitrogens with zero attached hydrogens (tertiary/aromatic N) is 1. The van der Waals surface area contributed by atoms with Crippen molar-refractivity contribution in [2.45, 2.75) is 334 Å². The Hall–Kier alpha value is -1.28. The van der Waals surface area contributed by atoms with E-state index in [0.717, 1.165) is 44.9 Å². The number of amides is 1. The van der Waals surface area contributed by atoms with E-state index in [1.54, 1.807) is 6.08 Å². The van der Waals surface area contributed by atoms with Gasteiger partial charge in [-0.3, -0.25) is 9.36 Å². The summed E-state index contributed by atoms with van der Waals surface area (Å²) >= 11 is 0. The quantitative estimate of drug-likeness (QED) is 0.0272. The fraction of sp³-hybridized carbons (Fsp3) is 0.892. The highest BCUT2D eigenvalue weighted by molar-refractivity contribution is 7.45. The number of phosphoric ester groups is 1. The number of likely N-dealkylation sites (N-methyl/N-ethyl adjacent to an activating group) is 1. The van der Waals surface area contributed by atoms with Gasteiger partial charge in [0.15, 0.2) is 0 Å². The Morgan fingerprint density at radius 3 is 1.09 bits per heavy atom. The number of hydrogen-bond donors (Lipinski definition) is 2. The number of rotatable bonds is 60. The first-order valence-electron chi connectivity index (χ1n) is 32.4. The van der Waals surface area contributed by atoms with Gasteiger partial charge in [-0.05, 0) is 44.9 Å². The van der Waals surface area contributed by atoms with Crippen molar-refractivity contribution in [1.82, 2.24) is 5.32 Å². The van der Waals surface area contributed by atoms with E-state index in [-0.39, 0.29) is 12.5 Å². The average Bonchev–Trinajstić information content (AvgIpc) is 3.36. The van der Waals surface area contributed by atoms with E-state index in [9.17, 15) is 19.4 Å². The highest BCUT2D eigenvalue weighted by Crippen LogP contribution is 2.38. The van der Waals surface area contributed by atoms with Gasteiger partial charge in [-0.25, -0.2) is 0 Å². The second kappa shape index (κ2) is 56.4. The van der Waals surface area contributed by atoms with Crippen LogP contribution in [0.15, 0.2) is 36.5 Å². The lowest BCUT2D eigenvalue weighted by Gasteiger charge is -2.29. The van der Waals surface area contributed by atoms with Gasteiger partial charge in [0.05, 0.1) is 39.9 Å². The fourth-order valence-electron chi connectivity index (χ4n) is 9.78. The fourth-order valence-corrected chi connectivity index (χ4v) is 10.5. The van der Waals surface area contributed by atoms with E-state index >= 15 is 0 Å². The molecule has 0 bridgehead atoms. The van der Waals surface area contributed by atoms with Crippen LogP contribution in [0.5, 0.6) is 0 Å². The molecule has 3 unspecified atom stereocenters. The summed E-state index contributed by atoms with van der Waals surface area (Å²) in [4.78, 5) is 25.5. The molecule has 0 saturated heterocycles. The van der Waals surface area contributed by atoms with Gasteiger partial charge in [0, 0.05) is 6.42 Å². The molecule has 0 aliphatic carbocycles. The summed E-state index contributed by atoms with van der Waals surface area (Å²) in [5.74, 6) is -0.206. The number of aliphatic hydroxyl groups excluding tert-OH is 1. The molecule has 0 heterocycles. The van der Waals surface area contributed by atoms with Gasteiger partial charge < -0.3 is 28.8 Å². The molecule has 8 nitrogen and oxygen atoms in total. The number of nitrogens with one attached hydrogen (secondary N) is 1. The van der Waals surface area contributed by atoms with E-state index in [1.165, 1.54) is 257 Å². The SMILES string of the molecule is CCCCCCCC/C=C/CC/C=C/CC/C=C/C(O)C(COP(=O)([O-])OCC[N+](C)(C)C)NC(=O)CCCCCCCCCCCCCCCCCCCCCCCCCCCCCCCCCCCCCC. The molecule has 74 heavy (non-hydrogen) atoms. The smallest absolute Gasteiger partial charge is 0.268 e. The predicted octanol–water partition coefficient (Wildman–Crippen LogP) is 19.5. The van der Waals surface area contributed by atoms with Crippen LogP contribution in [-0.4, -0.2) is 68.5 Å². The molecule has 0 radical (unpaired) electrons. The number of phosphoric acid groups is 1. The maximum absolute atomic E-state index is 13.0. The zero-order chi connectivity index (χ0) is 54.2. The normalized spacial score (nSPS) is 14.0. The van der Waals surface area contributed by atoms with Gasteiger partial charge in [0.2, 0.25) is 5.91 Å². The molecular weight excluding hydrogens is 936 g/mol. The Labute approximate surface area is 461 Å². The first-order chi connectivity index (χ1) is 36.0. The predicted molar refractivity (Wildman–Crippen MR) is 321 cm³/mol. The van der Waals surface area contributed by atoms with E-state index in [0.29, 0.717) is 17.4 Å². The number of unbranched alkanes of at least 4 members (excludes halogenated alkanes) is 43. The summed E-state index contributed by atoms with van der Waals surface area (Å²) in [5.41, 5.74) is 0. The van der Waals surface area contributed by atoms with Crippen LogP contribution >= 0.6 is 7.82 Å². The second-order valence-corrected chi connectivity index (χ2v) is 24.9. The molecule has 438 valence electrons. The molecule has 0 aromatic carbocycles. The van der Waals surface area contributed by atoms with Crippen LogP contribution in [0, 0.1) is 0 Å². The summed E-state index contributed by atoms with van der Waals surface area (Å²) in [6.45, 7) is 4.65. The minimum Gasteiger partial charge on any atom is -0.756 e. The molecule has 1 amide bonds. The molecule has 0 spiro atoms. The summed E-state index contributed by atoms with van der Waals surface area (Å²) in [5, 5.41) is 13.9. The Balaban J connectivity index is 3.96. The monoisotopic (exact) mass is 1060 g/mol. The molecule has 0 fully saturated rings. The minimum absolute atomic E-state index is 0.00742. The minimum atomic E-state index is -4.61. The first-order valence-corrected chi connectivity index (χ1v) is 33.8. The average molecular weight is 1060 g/mol. The van der Waals surface area contributed by atoms with Crippen molar-refractivity contribution in [3.63, 3.8) is 0 Å². The Morgan fingerprint density at radius 1 is 0.459 bits per heavy atom. The molecular formula is C65H127N2O6P. The number of quaternary nitrogens is 1. The Kier molecular flexibility index (Phi) is 55.5. The Bertz CT molecular complexity index is 1300. The topological polar surface area (TPSA) is 108 Å². The van der Waals surface area contributed by atoms with Crippen LogP contribution in [-0.2, 0) is 18.4 Å². The van der Waals surface area contributed by atoms with E-state index in [1.807, 2.05) is 27.2 Å². The maximum Gasteiger partial charge on any atom is 0.268 e. The van der Waals surface area contributed by atoms with E-state index in [4.69, 9.17) is 9.05 Å². The number of hydrogen-bond acceptors (Lipinski definition) is 6. The number of aliphatic hydroxyl groups is 1. The third kappa shape index (κ3) is 58.4. The molecule has 0 aromatic rings. The number of allylic oxidation sites excluding steroid dienone is 5. The lowest BCUT2D eigenvalue weighted by atomic mass is 10.0. The third-order valence-electron chi connectivity index (χ3n) is 14.8. The van der Waals surface area contributed by atoms with Crippen molar-refractivity contribution in [3.8, 4) is 0 Å². The summed E-state index contributed by atoms with van der Waals surface area (Å²) < 4.78 is 23.3. The highest BCUT2D eigenvalue weighted by Gasteiger charge is 2.23. The Morgan fingerprint density at radius 2 is 0.757 bits per heavy atom. The summed E-state index contributed by atoms with van der Waals surface area (Å²) in [7, 11) is 1.25. The van der Waals surface area contributed by atoms with Crippen molar-refractivity contribution in [3.05, 3.63) is 36.5 Å². The van der Waals surface area contributed by atoms with E-state index in [2.05, 4.69) is 43.5 Å². The lowest BCUT2D eigenvalue weighted by Crippen LogP contribution is -2.45. The largest absolute Gasteiger partial charge is 0.756 e. The third-order valence-corrected chi connectivity index (χ3v) is 15.8. The zero-order valence-corrected chi connectivity index (χ0v) is 51.0. The molecule has 0 aliphatic rings. The van der Waals surface area contributed by atoms with Crippen molar-refractivity contribution in [2.75, 3.05) is 40.9 Å². The number of carbonyl (C=O) groups excluding carboxylic acids is 1. The first kappa shape index (κ1) is 72.7. The lowest BCUT2D eigenvalue weighted by molar-refractivity contribution is -0.870. The van der Waals surface area contributed by atoms with E-state index < -0.39 is 26.6 Å². The van der Waals surface area contributed by atoms with Crippen LogP contribution in [0.1, 0.15) is 322 Å². The van der Waals surface area contributed by atoms with Gasteiger partial charge in [0.25, 0.3) is 7.82 Å². The molecule has 0 rings (SSSR count). The molecule has 0 aromatic heterocycles. The summed E-state index contributed by atoms with van der Waals surface area (Å²) in [6, 6.07) is -0.908. The van der Waals surface area contributed by atoms with Gasteiger partial charge in [0.1, 0.15) is 13.2 Å². The molecule has 0 saturated carbocycles. The van der Waals surface area contributed by atoms with Crippen molar-refractivity contribution >= 4 is 13.7 Å². The van der Waals surface area contributed by atoms with Crippen molar-refractivity contribution in [1.29, 1.82) is 0 Å². The van der Waals surface area contributed by atoms with Gasteiger partial charge >= 0.3 is 0 Å². The van der Waals surface area contributed by atoms with Crippen molar-refractivity contribution < 1.29 is 32.9 Å². The van der Waals surface area contributed by atoms with Gasteiger partial charge in [-0.1, -0.05) is 307 Å². The van der Waals surface area contributed by atoms with Crippen LogP contribution in [0.25, 0.3) is 0 Å². The second-order valence-electron chi connectivity index (χ2n) is 23.5. The van der Waals surface area contributed by atoms with Crippen LogP contribution in [0.3, 0.4) is 0 Å². The summed E-state index contributed by atoms with van der Waals surface area (Å²) in [6.07, 6.45) is 74.2. The van der Waals surface area contributed by atoms with Gasteiger partial charge in [-0.15, -0.1) is 0 Å². The standard InChI is InChI=1S/C65H127N2O6P/c1-6-8-10-12-14-16-18-20-22-24-25-26-27-28-29-30-31-32-33-34-35-36-37-38-39-40-41-42-43-45-47-49-51-53-55-57-59-65(69)66-63(62-73-74(70,71)72-61-60-67(3,4)5)64(68)58-56-54-52-50-48-46-44-23-21-19-17-15-13-11-9-7-2/h21,23,48,50,56,58,63-64,68H,6-20,22,24-47,49,51-55,57,59-62H2,1-5H3,(H-,66,69,70,71)/b23-21+,50-48+,58-56+. The molecule has 9 heteroatoms. The van der Waals surface area contributed by atoms with Crippen molar-refractivity contribution in [2.24, 2.45) is 0 Å². The van der Waals surface area contributed by atoms with Gasteiger partial charge in [-0.2, -0.15) is 0 Å². The maximum atomic E-state index is 13.0.